The number of piperidine rings is 1. The Hall–Kier alpha value is -2.14. The molecule has 0 radical (unpaired) electrons. The molecule has 0 bridgehead atoms. The summed E-state index contributed by atoms with van der Waals surface area (Å²) in [7, 11) is 4.06. The fourth-order valence-electron chi connectivity index (χ4n) is 3.75. The van der Waals surface area contributed by atoms with E-state index >= 15 is 0 Å². The van der Waals surface area contributed by atoms with Gasteiger partial charge in [0.15, 0.2) is 5.69 Å². The number of benzene rings is 1. The Balaban J connectivity index is 1.72. The summed E-state index contributed by atoms with van der Waals surface area (Å²) in [6.45, 7) is 5.75. The predicted molar refractivity (Wildman–Crippen MR) is 104 cm³/mol. The molecular weight excluding hydrogens is 324 g/mol. The molecule has 0 aliphatic carbocycles. The molecule has 1 aromatic carbocycles. The summed E-state index contributed by atoms with van der Waals surface area (Å²) in [6, 6.07) is 12.3. The second kappa shape index (κ2) is 8.49. The Morgan fingerprint density at radius 3 is 2.69 bits per heavy atom. The Morgan fingerprint density at radius 2 is 2.04 bits per heavy atom. The minimum atomic E-state index is 0.0536. The normalized spacial score (nSPS) is 18.0. The number of carbonyl (C=O) groups excluding carboxylic acids is 1. The SMILES string of the molecule is Cc1cc(C(=O)N(CCc2ccccc2)CC2CCCN(C)C2)nn1C. The zero-order valence-corrected chi connectivity index (χ0v) is 16.2. The van der Waals surface area contributed by atoms with Crippen molar-refractivity contribution in [2.75, 3.05) is 33.2 Å². The first-order valence-electron chi connectivity index (χ1n) is 9.55. The summed E-state index contributed by atoms with van der Waals surface area (Å²) >= 11 is 0. The lowest BCUT2D eigenvalue weighted by Crippen LogP contribution is -2.42. The van der Waals surface area contributed by atoms with E-state index in [0.29, 0.717) is 11.6 Å². The fourth-order valence-corrected chi connectivity index (χ4v) is 3.75. The van der Waals surface area contributed by atoms with E-state index in [9.17, 15) is 4.79 Å². The predicted octanol–water partition coefficient (Wildman–Crippen LogP) is 2.76. The lowest BCUT2D eigenvalue weighted by Gasteiger charge is -2.33. The molecule has 0 saturated carbocycles. The van der Waals surface area contributed by atoms with E-state index in [1.165, 1.54) is 18.4 Å². The highest BCUT2D eigenvalue weighted by Crippen LogP contribution is 2.18. The fraction of sp³-hybridized carbons (Fsp3) is 0.524. The van der Waals surface area contributed by atoms with Crippen LogP contribution in [0.5, 0.6) is 0 Å². The maximum Gasteiger partial charge on any atom is 0.274 e. The summed E-state index contributed by atoms with van der Waals surface area (Å²) < 4.78 is 1.77. The van der Waals surface area contributed by atoms with Gasteiger partial charge >= 0.3 is 0 Å². The molecule has 5 heteroatoms. The van der Waals surface area contributed by atoms with Gasteiger partial charge in [-0.2, -0.15) is 5.10 Å². The van der Waals surface area contributed by atoms with Crippen molar-refractivity contribution in [3.8, 4) is 0 Å². The quantitative estimate of drug-likeness (QED) is 0.801. The lowest BCUT2D eigenvalue weighted by atomic mass is 9.97. The topological polar surface area (TPSA) is 41.4 Å². The first kappa shape index (κ1) is 18.6. The highest BCUT2D eigenvalue weighted by molar-refractivity contribution is 5.92. The number of hydrogen-bond acceptors (Lipinski definition) is 3. The van der Waals surface area contributed by atoms with Gasteiger partial charge in [-0.3, -0.25) is 9.48 Å². The largest absolute Gasteiger partial charge is 0.337 e. The molecule has 1 aliphatic rings. The van der Waals surface area contributed by atoms with E-state index < -0.39 is 0 Å². The Bertz CT molecular complexity index is 705. The molecule has 3 rings (SSSR count). The van der Waals surface area contributed by atoms with E-state index in [4.69, 9.17) is 0 Å². The van der Waals surface area contributed by atoms with Gasteiger partial charge in [0.2, 0.25) is 0 Å². The molecular formula is C21H30N4O. The van der Waals surface area contributed by atoms with Crippen LogP contribution < -0.4 is 0 Å². The van der Waals surface area contributed by atoms with Crippen molar-refractivity contribution in [1.82, 2.24) is 19.6 Å². The Morgan fingerprint density at radius 1 is 1.27 bits per heavy atom. The molecule has 2 aromatic rings. The van der Waals surface area contributed by atoms with Crippen molar-refractivity contribution in [3.05, 3.63) is 53.3 Å². The minimum absolute atomic E-state index is 0.0536. The van der Waals surface area contributed by atoms with Gasteiger partial charge in [0.05, 0.1) is 0 Å². The molecule has 26 heavy (non-hydrogen) atoms. The molecule has 1 atom stereocenters. The van der Waals surface area contributed by atoms with Crippen molar-refractivity contribution in [3.63, 3.8) is 0 Å². The average molecular weight is 354 g/mol. The van der Waals surface area contributed by atoms with Crippen LogP contribution in [0, 0.1) is 12.8 Å². The van der Waals surface area contributed by atoms with Gasteiger partial charge < -0.3 is 9.80 Å². The maximum atomic E-state index is 13.1. The monoisotopic (exact) mass is 354 g/mol. The maximum absolute atomic E-state index is 13.1. The second-order valence-electron chi connectivity index (χ2n) is 7.55. The van der Waals surface area contributed by atoms with Gasteiger partial charge in [-0.25, -0.2) is 0 Å². The number of hydrogen-bond donors (Lipinski definition) is 0. The summed E-state index contributed by atoms with van der Waals surface area (Å²) in [4.78, 5) is 17.5. The minimum Gasteiger partial charge on any atom is -0.337 e. The molecule has 2 heterocycles. The van der Waals surface area contributed by atoms with Crippen molar-refractivity contribution in [2.45, 2.75) is 26.2 Å². The van der Waals surface area contributed by atoms with Crippen LogP contribution in [-0.4, -0.2) is 58.7 Å². The van der Waals surface area contributed by atoms with Crippen molar-refractivity contribution in [1.29, 1.82) is 0 Å². The molecule has 1 aliphatic heterocycles. The number of nitrogens with zero attached hydrogens (tertiary/aromatic N) is 4. The van der Waals surface area contributed by atoms with Crippen LogP contribution in [0.15, 0.2) is 36.4 Å². The van der Waals surface area contributed by atoms with Crippen LogP contribution in [0.25, 0.3) is 0 Å². The van der Waals surface area contributed by atoms with Gasteiger partial charge in [-0.1, -0.05) is 30.3 Å². The van der Waals surface area contributed by atoms with Crippen LogP contribution in [0.1, 0.15) is 34.6 Å². The molecule has 1 saturated heterocycles. The zero-order valence-electron chi connectivity index (χ0n) is 16.2. The van der Waals surface area contributed by atoms with Gasteiger partial charge in [-0.05, 0) is 57.3 Å². The summed E-state index contributed by atoms with van der Waals surface area (Å²) in [5.74, 6) is 0.594. The van der Waals surface area contributed by atoms with E-state index in [2.05, 4.69) is 41.3 Å². The molecule has 0 N–H and O–H groups in total. The summed E-state index contributed by atoms with van der Waals surface area (Å²) in [5.41, 5.74) is 2.83. The van der Waals surface area contributed by atoms with Crippen LogP contribution in [0.3, 0.4) is 0 Å². The number of rotatable bonds is 6. The van der Waals surface area contributed by atoms with Crippen LogP contribution in [0.2, 0.25) is 0 Å². The Labute approximate surface area is 156 Å². The standard InChI is InChI=1S/C21H30N4O/c1-17-14-20(22-24(17)3)21(26)25(13-11-18-8-5-4-6-9-18)16-19-10-7-12-23(2)15-19/h4-6,8-9,14,19H,7,10-13,15-16H2,1-3H3. The van der Waals surface area contributed by atoms with Crippen molar-refractivity contribution in [2.24, 2.45) is 13.0 Å². The molecule has 5 nitrogen and oxygen atoms in total. The third-order valence-corrected chi connectivity index (χ3v) is 5.33. The molecule has 1 unspecified atom stereocenters. The van der Waals surface area contributed by atoms with Gasteiger partial charge in [0.25, 0.3) is 5.91 Å². The average Bonchev–Trinajstić information content (AvgIpc) is 2.98. The van der Waals surface area contributed by atoms with Gasteiger partial charge in [-0.15, -0.1) is 0 Å². The number of amides is 1. The second-order valence-corrected chi connectivity index (χ2v) is 7.55. The first-order chi connectivity index (χ1) is 12.5. The molecule has 0 spiro atoms. The van der Waals surface area contributed by atoms with Crippen molar-refractivity contribution >= 4 is 5.91 Å². The van der Waals surface area contributed by atoms with Gasteiger partial charge in [0, 0.05) is 32.4 Å². The molecule has 1 fully saturated rings. The third kappa shape index (κ3) is 4.73. The molecule has 1 aromatic heterocycles. The smallest absolute Gasteiger partial charge is 0.274 e. The Kier molecular flexibility index (Phi) is 6.09. The highest BCUT2D eigenvalue weighted by Gasteiger charge is 2.25. The number of carbonyl (C=O) groups is 1. The lowest BCUT2D eigenvalue weighted by molar-refractivity contribution is 0.0686. The third-order valence-electron chi connectivity index (χ3n) is 5.33. The summed E-state index contributed by atoms with van der Waals surface area (Å²) in [6.07, 6.45) is 3.28. The van der Waals surface area contributed by atoms with Crippen molar-refractivity contribution < 1.29 is 4.79 Å². The van der Waals surface area contributed by atoms with E-state index in [1.54, 1.807) is 4.68 Å². The van der Waals surface area contributed by atoms with Crippen LogP contribution in [0.4, 0.5) is 0 Å². The number of aryl methyl sites for hydroxylation is 2. The number of aromatic nitrogens is 2. The van der Waals surface area contributed by atoms with E-state index in [0.717, 1.165) is 38.3 Å². The van der Waals surface area contributed by atoms with Crippen LogP contribution >= 0.6 is 0 Å². The van der Waals surface area contributed by atoms with E-state index in [-0.39, 0.29) is 5.91 Å². The molecule has 140 valence electrons. The number of likely N-dealkylation sites (tertiary alicyclic amines) is 1. The first-order valence-corrected chi connectivity index (χ1v) is 9.55. The highest BCUT2D eigenvalue weighted by atomic mass is 16.2. The van der Waals surface area contributed by atoms with Crippen LogP contribution in [-0.2, 0) is 13.5 Å². The summed E-state index contributed by atoms with van der Waals surface area (Å²) in [5, 5.41) is 4.41. The van der Waals surface area contributed by atoms with E-state index in [1.807, 2.05) is 31.0 Å². The zero-order chi connectivity index (χ0) is 18.5. The van der Waals surface area contributed by atoms with Gasteiger partial charge in [0.1, 0.15) is 0 Å². The molecule has 1 amide bonds.